The first-order valence-electron chi connectivity index (χ1n) is 10.1. The van der Waals surface area contributed by atoms with Crippen molar-refractivity contribution in [1.82, 2.24) is 19.4 Å². The van der Waals surface area contributed by atoms with Crippen molar-refractivity contribution in [3.63, 3.8) is 0 Å². The Morgan fingerprint density at radius 1 is 1.25 bits per heavy atom. The number of nitrogens with zero attached hydrogens (tertiary/aromatic N) is 4. The van der Waals surface area contributed by atoms with Gasteiger partial charge in [0, 0.05) is 48.5 Å². The normalized spacial score (nSPS) is 17.5. The third-order valence-corrected chi connectivity index (χ3v) is 5.73. The predicted octanol–water partition coefficient (Wildman–Crippen LogP) is 4.65. The van der Waals surface area contributed by atoms with Crippen LogP contribution in [0, 0.1) is 13.8 Å². The summed E-state index contributed by atoms with van der Waals surface area (Å²) in [5.74, 6) is 1.48. The van der Waals surface area contributed by atoms with E-state index in [0.717, 1.165) is 59.5 Å². The van der Waals surface area contributed by atoms with Gasteiger partial charge in [-0.2, -0.15) is 0 Å². The zero-order valence-corrected chi connectivity index (χ0v) is 17.1. The van der Waals surface area contributed by atoms with E-state index in [9.17, 15) is 4.79 Å². The first-order valence-corrected chi connectivity index (χ1v) is 10.1. The quantitative estimate of drug-likeness (QED) is 0.669. The van der Waals surface area contributed by atoms with Crippen molar-refractivity contribution >= 4 is 16.8 Å². The largest absolute Gasteiger partial charge is 0.338 e. The van der Waals surface area contributed by atoms with E-state index in [1.807, 2.05) is 55.4 Å². The molecule has 2 aromatic heterocycles. The van der Waals surface area contributed by atoms with E-state index in [-0.39, 0.29) is 11.8 Å². The molecule has 146 valence electrons. The van der Waals surface area contributed by atoms with E-state index < -0.39 is 0 Å². The van der Waals surface area contributed by atoms with Crippen LogP contribution in [0.5, 0.6) is 0 Å². The maximum absolute atomic E-state index is 13.5. The van der Waals surface area contributed by atoms with E-state index >= 15 is 0 Å². The van der Waals surface area contributed by atoms with Gasteiger partial charge in [-0.25, -0.2) is 4.98 Å². The van der Waals surface area contributed by atoms with Crippen LogP contribution >= 0.6 is 0 Å². The Balaban J connectivity index is 1.66. The molecule has 0 aliphatic carbocycles. The average Bonchev–Trinajstić information content (AvgIpc) is 3.18. The monoisotopic (exact) mass is 376 g/mol. The molecule has 0 saturated carbocycles. The third kappa shape index (κ3) is 3.30. The SMILES string of the molecule is Cc1cc(C(=O)N2CCCC(c3nccn3C(C)C)C2)c2cccc(C)c2n1. The lowest BCUT2D eigenvalue weighted by atomic mass is 9.95. The molecule has 5 nitrogen and oxygen atoms in total. The summed E-state index contributed by atoms with van der Waals surface area (Å²) in [5, 5.41) is 0.946. The highest BCUT2D eigenvalue weighted by molar-refractivity contribution is 6.06. The highest BCUT2D eigenvalue weighted by Crippen LogP contribution is 2.30. The van der Waals surface area contributed by atoms with Crippen LogP contribution in [0.4, 0.5) is 0 Å². The molecule has 0 spiro atoms. The maximum Gasteiger partial charge on any atom is 0.254 e. The molecule has 1 unspecified atom stereocenters. The maximum atomic E-state index is 13.5. The molecule has 4 rings (SSSR count). The second-order valence-corrected chi connectivity index (χ2v) is 8.16. The van der Waals surface area contributed by atoms with E-state index in [0.29, 0.717) is 6.04 Å². The van der Waals surface area contributed by atoms with Crippen LogP contribution in [0.2, 0.25) is 0 Å². The van der Waals surface area contributed by atoms with Gasteiger partial charge in [0.05, 0.1) is 11.1 Å². The molecule has 0 radical (unpaired) electrons. The Bertz CT molecular complexity index is 1020. The molecule has 0 bridgehead atoms. The molecule has 1 aliphatic heterocycles. The molecule has 1 fully saturated rings. The molecular formula is C23H28N4O. The number of hydrogen-bond acceptors (Lipinski definition) is 3. The van der Waals surface area contributed by atoms with Gasteiger partial charge in [0.15, 0.2) is 0 Å². The van der Waals surface area contributed by atoms with E-state index in [2.05, 4.69) is 28.4 Å². The fourth-order valence-corrected chi connectivity index (χ4v) is 4.32. The van der Waals surface area contributed by atoms with Gasteiger partial charge in [0.1, 0.15) is 5.82 Å². The molecule has 28 heavy (non-hydrogen) atoms. The fourth-order valence-electron chi connectivity index (χ4n) is 4.32. The molecule has 5 heteroatoms. The zero-order chi connectivity index (χ0) is 19.8. The molecule has 3 heterocycles. The number of carbonyl (C=O) groups is 1. The molecule has 1 aliphatic rings. The highest BCUT2D eigenvalue weighted by atomic mass is 16.2. The molecule has 1 atom stereocenters. The number of amides is 1. The summed E-state index contributed by atoms with van der Waals surface area (Å²) in [6.07, 6.45) is 5.99. The second-order valence-electron chi connectivity index (χ2n) is 8.16. The van der Waals surface area contributed by atoms with Crippen molar-refractivity contribution < 1.29 is 4.79 Å². The smallest absolute Gasteiger partial charge is 0.254 e. The van der Waals surface area contributed by atoms with E-state index in [1.54, 1.807) is 0 Å². The highest BCUT2D eigenvalue weighted by Gasteiger charge is 2.29. The topological polar surface area (TPSA) is 51.0 Å². The number of carbonyl (C=O) groups excluding carboxylic acids is 1. The summed E-state index contributed by atoms with van der Waals surface area (Å²) in [6.45, 7) is 9.87. The summed E-state index contributed by atoms with van der Waals surface area (Å²) in [7, 11) is 0. The van der Waals surface area contributed by atoms with Crippen molar-refractivity contribution in [3.8, 4) is 0 Å². The van der Waals surface area contributed by atoms with Gasteiger partial charge in [0.25, 0.3) is 5.91 Å². The molecule has 1 saturated heterocycles. The summed E-state index contributed by atoms with van der Waals surface area (Å²) in [4.78, 5) is 24.8. The number of para-hydroxylation sites is 1. The van der Waals surface area contributed by atoms with Gasteiger partial charge in [-0.05, 0) is 52.2 Å². The van der Waals surface area contributed by atoms with Gasteiger partial charge < -0.3 is 9.47 Å². The van der Waals surface area contributed by atoms with Gasteiger partial charge in [-0.3, -0.25) is 9.78 Å². The number of aryl methyl sites for hydroxylation is 2. The number of pyridine rings is 1. The second kappa shape index (κ2) is 7.38. The van der Waals surface area contributed by atoms with Crippen LogP contribution in [0.3, 0.4) is 0 Å². The van der Waals surface area contributed by atoms with Crippen LogP contribution in [0.1, 0.15) is 66.1 Å². The standard InChI is InChI=1S/C23H28N4O/c1-15(2)27-12-10-24-22(27)18-8-6-11-26(14-18)23(28)20-13-17(4)25-21-16(3)7-5-9-19(20)21/h5,7,9-10,12-13,15,18H,6,8,11,14H2,1-4H3. The number of aromatic nitrogens is 3. The van der Waals surface area contributed by atoms with Crippen molar-refractivity contribution in [1.29, 1.82) is 0 Å². The summed E-state index contributed by atoms with van der Waals surface area (Å²) < 4.78 is 2.23. The Hall–Kier alpha value is -2.69. The Morgan fingerprint density at radius 3 is 2.86 bits per heavy atom. The van der Waals surface area contributed by atoms with Gasteiger partial charge in [-0.1, -0.05) is 18.2 Å². The van der Waals surface area contributed by atoms with Crippen LogP contribution in [-0.4, -0.2) is 38.4 Å². The van der Waals surface area contributed by atoms with Crippen LogP contribution in [-0.2, 0) is 0 Å². The van der Waals surface area contributed by atoms with E-state index in [1.165, 1.54) is 0 Å². The number of rotatable bonds is 3. The van der Waals surface area contributed by atoms with Crippen LogP contribution in [0.25, 0.3) is 10.9 Å². The number of imidazole rings is 1. The number of likely N-dealkylation sites (tertiary alicyclic amines) is 1. The third-order valence-electron chi connectivity index (χ3n) is 5.73. The lowest BCUT2D eigenvalue weighted by molar-refractivity contribution is 0.0705. The zero-order valence-electron chi connectivity index (χ0n) is 17.1. The van der Waals surface area contributed by atoms with E-state index in [4.69, 9.17) is 0 Å². The molecular weight excluding hydrogens is 348 g/mol. The fraction of sp³-hybridized carbons (Fsp3) is 0.435. The summed E-state index contributed by atoms with van der Waals surface area (Å²) in [6, 6.07) is 8.37. The van der Waals surface area contributed by atoms with Gasteiger partial charge >= 0.3 is 0 Å². The Kier molecular flexibility index (Phi) is 4.92. The number of hydrogen-bond donors (Lipinski definition) is 0. The minimum absolute atomic E-state index is 0.105. The number of benzene rings is 1. The minimum Gasteiger partial charge on any atom is -0.338 e. The van der Waals surface area contributed by atoms with Crippen molar-refractivity contribution in [2.45, 2.75) is 52.5 Å². The summed E-state index contributed by atoms with van der Waals surface area (Å²) >= 11 is 0. The lowest BCUT2D eigenvalue weighted by Gasteiger charge is -2.33. The predicted molar refractivity (Wildman–Crippen MR) is 112 cm³/mol. The number of fused-ring (bicyclic) bond motifs is 1. The van der Waals surface area contributed by atoms with Gasteiger partial charge in [0.2, 0.25) is 0 Å². The van der Waals surface area contributed by atoms with Gasteiger partial charge in [-0.15, -0.1) is 0 Å². The summed E-state index contributed by atoms with van der Waals surface area (Å²) in [5.41, 5.74) is 3.67. The molecule has 1 aromatic carbocycles. The first kappa shape index (κ1) is 18.7. The van der Waals surface area contributed by atoms with Crippen molar-refractivity contribution in [3.05, 3.63) is 59.3 Å². The Labute approximate surface area is 166 Å². The van der Waals surface area contributed by atoms with Crippen molar-refractivity contribution in [2.24, 2.45) is 0 Å². The lowest BCUT2D eigenvalue weighted by Crippen LogP contribution is -2.40. The van der Waals surface area contributed by atoms with Crippen molar-refractivity contribution in [2.75, 3.05) is 13.1 Å². The number of piperidine rings is 1. The average molecular weight is 377 g/mol. The van der Waals surface area contributed by atoms with Crippen LogP contribution in [0.15, 0.2) is 36.7 Å². The molecule has 1 amide bonds. The van der Waals surface area contributed by atoms with Crippen LogP contribution < -0.4 is 0 Å². The molecule has 3 aromatic rings. The first-order chi connectivity index (χ1) is 13.5. The Morgan fingerprint density at radius 2 is 2.07 bits per heavy atom. The minimum atomic E-state index is 0.105. The molecule has 0 N–H and O–H groups in total.